The molecule has 0 aromatic heterocycles. The lowest BCUT2D eigenvalue weighted by Crippen LogP contribution is -2.56. The maximum Gasteiger partial charge on any atom is 0.414 e. The molecule has 6 atom stereocenters. The second-order valence-corrected chi connectivity index (χ2v) is 10.8. The normalized spacial score (nSPS) is 33.8. The summed E-state index contributed by atoms with van der Waals surface area (Å²) >= 11 is 1.32. The molecule has 186 valence electrons. The Morgan fingerprint density at radius 2 is 2.00 bits per heavy atom. The number of hydrogen-bond donors (Lipinski definition) is 2. The average molecular weight is 491 g/mol. The van der Waals surface area contributed by atoms with Crippen LogP contribution in [0.3, 0.4) is 0 Å². The van der Waals surface area contributed by atoms with Gasteiger partial charge in [-0.05, 0) is 64.3 Å². The van der Waals surface area contributed by atoms with Gasteiger partial charge in [0.15, 0.2) is 0 Å². The van der Waals surface area contributed by atoms with Crippen LogP contribution in [0, 0.1) is 5.92 Å². The first kappa shape index (κ1) is 25.0. The van der Waals surface area contributed by atoms with Crippen LogP contribution < -0.4 is 11.1 Å². The second kappa shape index (κ2) is 9.89. The van der Waals surface area contributed by atoms with Gasteiger partial charge in [-0.15, -0.1) is 11.8 Å². The Balaban J connectivity index is 1.34. The Labute approximate surface area is 204 Å². The Bertz CT molecular complexity index is 943. The van der Waals surface area contributed by atoms with E-state index in [-0.39, 0.29) is 29.5 Å². The van der Waals surface area contributed by atoms with E-state index in [1.807, 2.05) is 12.1 Å². The number of rotatable bonds is 8. The number of alkyl carbamates (subject to hydrolysis) is 1. The summed E-state index contributed by atoms with van der Waals surface area (Å²) < 4.78 is 23.7. The van der Waals surface area contributed by atoms with E-state index in [1.165, 1.54) is 17.3 Å². The van der Waals surface area contributed by atoms with Crippen LogP contribution in [-0.2, 0) is 23.7 Å². The molecule has 1 saturated carbocycles. The highest BCUT2D eigenvalue weighted by Gasteiger charge is 2.72. The molecule has 1 aliphatic carbocycles. The minimum atomic E-state index is -0.760. The fraction of sp³-hybridized carbons (Fsp3) is 0.600. The number of carbonyl (C=O) groups is 2. The van der Waals surface area contributed by atoms with Crippen molar-refractivity contribution in [3.8, 4) is 0 Å². The third-order valence-corrected chi connectivity index (χ3v) is 8.00. The van der Waals surface area contributed by atoms with Gasteiger partial charge in [-0.2, -0.15) is 0 Å². The summed E-state index contributed by atoms with van der Waals surface area (Å²) in [5.74, 6) is -0.395. The van der Waals surface area contributed by atoms with Gasteiger partial charge in [-0.25, -0.2) is 4.79 Å². The summed E-state index contributed by atoms with van der Waals surface area (Å²) in [6.45, 7) is 6.90. The number of ether oxygens (including phenoxy) is 4. The molecule has 2 heterocycles. The topological polar surface area (TPSA) is 116 Å². The van der Waals surface area contributed by atoms with Gasteiger partial charge in [0.25, 0.3) is 0 Å². The smallest absolute Gasteiger partial charge is 0.414 e. The minimum absolute atomic E-state index is 0.0658. The molecule has 4 rings (SSSR count). The van der Waals surface area contributed by atoms with E-state index in [1.54, 1.807) is 19.2 Å². The lowest BCUT2D eigenvalue weighted by molar-refractivity contribution is -0.124. The first-order chi connectivity index (χ1) is 16.2. The number of amides is 2. The average Bonchev–Trinajstić information content (AvgIpc) is 3.70. The van der Waals surface area contributed by atoms with Crippen LogP contribution in [0.15, 0.2) is 40.8 Å². The van der Waals surface area contributed by atoms with Crippen molar-refractivity contribution >= 4 is 29.4 Å². The van der Waals surface area contributed by atoms with Gasteiger partial charge in [0.05, 0.1) is 24.4 Å². The minimum Gasteiger partial charge on any atom is -0.443 e. The number of nitrogen functional groups attached to an aromatic ring is 1. The number of allylic oxidation sites excluding steroid dienone is 1. The van der Waals surface area contributed by atoms with Crippen molar-refractivity contribution in [3.05, 3.63) is 35.9 Å². The van der Waals surface area contributed by atoms with E-state index < -0.39 is 23.7 Å². The van der Waals surface area contributed by atoms with E-state index >= 15 is 0 Å². The Hall–Kier alpha value is -2.07. The molecule has 34 heavy (non-hydrogen) atoms. The molecule has 2 saturated heterocycles. The molecule has 3 N–H and O–H groups in total. The first-order valence-corrected chi connectivity index (χ1v) is 12.6. The molecular weight excluding hydrogens is 456 g/mol. The van der Waals surface area contributed by atoms with Gasteiger partial charge in [-0.3, -0.25) is 10.1 Å². The molecule has 2 amide bonds. The summed E-state index contributed by atoms with van der Waals surface area (Å²) in [5, 5.41) is 2.33. The highest BCUT2D eigenvalue weighted by molar-refractivity contribution is 8.00. The largest absolute Gasteiger partial charge is 0.443 e. The number of carbonyl (C=O) groups excluding carboxylic acids is 2. The number of thioether (sulfide) groups is 1. The van der Waals surface area contributed by atoms with Gasteiger partial charge < -0.3 is 24.7 Å². The Kier molecular flexibility index (Phi) is 7.28. The summed E-state index contributed by atoms with van der Waals surface area (Å²) in [7, 11) is 1.62. The van der Waals surface area contributed by atoms with Gasteiger partial charge in [0.1, 0.15) is 23.4 Å². The van der Waals surface area contributed by atoms with Crippen molar-refractivity contribution in [2.75, 3.05) is 25.2 Å². The molecule has 2 aliphatic heterocycles. The van der Waals surface area contributed by atoms with E-state index in [0.717, 1.165) is 17.7 Å². The molecule has 6 unspecified atom stereocenters. The number of nitrogens with two attached hydrogens (primary N) is 1. The van der Waals surface area contributed by atoms with Crippen molar-refractivity contribution in [1.29, 1.82) is 0 Å². The number of imide groups is 1. The molecule has 9 heteroatoms. The Morgan fingerprint density at radius 3 is 2.62 bits per heavy atom. The van der Waals surface area contributed by atoms with Crippen LogP contribution in [0.1, 0.15) is 40.0 Å². The third kappa shape index (κ3) is 5.43. The van der Waals surface area contributed by atoms with E-state index in [9.17, 15) is 9.59 Å². The van der Waals surface area contributed by atoms with Gasteiger partial charge >= 0.3 is 6.09 Å². The van der Waals surface area contributed by atoms with E-state index in [0.29, 0.717) is 18.7 Å². The number of benzene rings is 1. The van der Waals surface area contributed by atoms with Gasteiger partial charge in [-0.1, -0.05) is 11.6 Å². The third-order valence-electron chi connectivity index (χ3n) is 6.99. The summed E-state index contributed by atoms with van der Waals surface area (Å²) in [6, 6.07) is 7.20. The molecule has 1 aromatic carbocycles. The summed E-state index contributed by atoms with van der Waals surface area (Å²) in [5.41, 5.74) is 6.88. The molecule has 3 aliphatic rings. The quantitative estimate of drug-likeness (QED) is 0.245. The zero-order valence-corrected chi connectivity index (χ0v) is 21.0. The number of anilines is 1. The van der Waals surface area contributed by atoms with Crippen LogP contribution in [0.4, 0.5) is 10.5 Å². The maximum absolute atomic E-state index is 12.5. The van der Waals surface area contributed by atoms with Crippen molar-refractivity contribution in [2.24, 2.45) is 5.92 Å². The van der Waals surface area contributed by atoms with Crippen molar-refractivity contribution in [1.82, 2.24) is 5.32 Å². The highest BCUT2D eigenvalue weighted by Crippen LogP contribution is 2.59. The van der Waals surface area contributed by atoms with Crippen molar-refractivity contribution in [3.63, 3.8) is 0 Å². The second-order valence-electron chi connectivity index (χ2n) is 9.73. The predicted octanol–water partition coefficient (Wildman–Crippen LogP) is 3.69. The lowest BCUT2D eigenvalue weighted by Gasteiger charge is -2.42. The van der Waals surface area contributed by atoms with Gasteiger partial charge in [0, 0.05) is 17.7 Å². The summed E-state index contributed by atoms with van der Waals surface area (Å²) in [6.07, 6.45) is 2.80. The fourth-order valence-corrected chi connectivity index (χ4v) is 5.80. The number of nitrogens with one attached hydrogen (secondary N) is 1. The molecular formula is C25H34N2O6S. The number of epoxide rings is 2. The monoisotopic (exact) mass is 490 g/mol. The molecule has 8 nitrogen and oxygen atoms in total. The SMILES string of the molecule is COC1C(OC(=O)NC(=O)CSc2ccc(N)cc2)CCC2(CO2)C1C1(C)OC1CC=C(C)C. The lowest BCUT2D eigenvalue weighted by atomic mass is 9.68. The zero-order valence-electron chi connectivity index (χ0n) is 20.2. The predicted molar refractivity (Wildman–Crippen MR) is 130 cm³/mol. The van der Waals surface area contributed by atoms with Crippen LogP contribution in [0.2, 0.25) is 0 Å². The maximum atomic E-state index is 12.5. The zero-order chi connectivity index (χ0) is 24.5. The van der Waals surface area contributed by atoms with Crippen molar-refractivity contribution in [2.45, 2.75) is 74.4 Å². The first-order valence-electron chi connectivity index (χ1n) is 11.6. The van der Waals surface area contributed by atoms with Crippen LogP contribution in [0.5, 0.6) is 0 Å². The van der Waals surface area contributed by atoms with Gasteiger partial charge in [0.2, 0.25) is 5.91 Å². The Morgan fingerprint density at radius 1 is 1.29 bits per heavy atom. The van der Waals surface area contributed by atoms with Crippen LogP contribution >= 0.6 is 11.8 Å². The van der Waals surface area contributed by atoms with Crippen molar-refractivity contribution < 1.29 is 28.5 Å². The molecule has 1 aromatic rings. The van der Waals surface area contributed by atoms with Crippen LogP contribution in [0.25, 0.3) is 0 Å². The molecule has 0 radical (unpaired) electrons. The molecule has 3 fully saturated rings. The fourth-order valence-electron chi connectivity index (χ4n) is 5.10. The highest BCUT2D eigenvalue weighted by atomic mass is 32.2. The molecule has 0 bridgehead atoms. The standard InChI is InChI=1S/C25H34N2O6S/c1-15(2)5-10-19-24(3,33-19)22-21(30-4)18(11-12-25(22)14-31-25)32-23(29)27-20(28)13-34-17-8-6-16(26)7-9-17/h5-9,18-19,21-22H,10-14,26H2,1-4H3,(H,27,28,29). The van der Waals surface area contributed by atoms with E-state index in [2.05, 4.69) is 32.2 Å². The molecule has 1 spiro atoms. The van der Waals surface area contributed by atoms with Crippen LogP contribution in [-0.4, -0.2) is 61.0 Å². The summed E-state index contributed by atoms with van der Waals surface area (Å²) in [4.78, 5) is 25.7. The number of hydrogen-bond acceptors (Lipinski definition) is 8. The van der Waals surface area contributed by atoms with E-state index in [4.69, 9.17) is 24.7 Å². The number of methoxy groups -OCH3 is 1.